The van der Waals surface area contributed by atoms with Crippen molar-refractivity contribution < 1.29 is 9.53 Å². The Labute approximate surface area is 86.0 Å². The zero-order valence-corrected chi connectivity index (χ0v) is 9.16. The summed E-state index contributed by atoms with van der Waals surface area (Å²) in [5.74, 6) is 2.93. The second-order valence-corrected chi connectivity index (χ2v) is 5.01. The van der Waals surface area contributed by atoms with E-state index in [-0.39, 0.29) is 5.92 Å². The highest BCUT2D eigenvalue weighted by Crippen LogP contribution is 2.54. The minimum atomic E-state index is 0.206. The van der Waals surface area contributed by atoms with Gasteiger partial charge in [-0.3, -0.25) is 4.79 Å². The number of fused-ring (bicyclic) bond motifs is 1. The van der Waals surface area contributed by atoms with Crippen LogP contribution in [0, 0.1) is 23.7 Å². The molecule has 0 amide bonds. The summed E-state index contributed by atoms with van der Waals surface area (Å²) in [6, 6.07) is 0. The molecule has 3 unspecified atom stereocenters. The number of Topliss-reactive ketones (excluding diaryl/α,β-unsaturated/α-hetero) is 1. The summed E-state index contributed by atoms with van der Waals surface area (Å²) < 4.78 is 5.00. The third kappa shape index (κ3) is 2.00. The summed E-state index contributed by atoms with van der Waals surface area (Å²) in [7, 11) is 1.70. The van der Waals surface area contributed by atoms with Crippen LogP contribution in [0.1, 0.15) is 32.6 Å². The molecule has 2 saturated carbocycles. The molecule has 2 nitrogen and oxygen atoms in total. The van der Waals surface area contributed by atoms with Gasteiger partial charge in [-0.1, -0.05) is 6.92 Å². The van der Waals surface area contributed by atoms with Gasteiger partial charge < -0.3 is 4.74 Å². The first kappa shape index (κ1) is 10.2. The van der Waals surface area contributed by atoms with Crippen molar-refractivity contribution in [3.05, 3.63) is 0 Å². The Bertz CT molecular complexity index is 214. The first-order valence-electron chi connectivity index (χ1n) is 5.75. The van der Waals surface area contributed by atoms with Crippen molar-refractivity contribution in [3.8, 4) is 0 Å². The second kappa shape index (κ2) is 4.01. The highest BCUT2D eigenvalue weighted by molar-refractivity contribution is 5.83. The van der Waals surface area contributed by atoms with Gasteiger partial charge in [0.05, 0.1) is 0 Å². The molecule has 0 radical (unpaired) electrons. The minimum absolute atomic E-state index is 0.206. The maximum Gasteiger partial charge on any atom is 0.138 e. The molecule has 0 N–H and O–H groups in total. The topological polar surface area (TPSA) is 26.3 Å². The Hall–Kier alpha value is -0.370. The van der Waals surface area contributed by atoms with E-state index in [4.69, 9.17) is 4.74 Å². The Kier molecular flexibility index (Phi) is 2.91. The normalized spacial score (nSPS) is 36.6. The van der Waals surface area contributed by atoms with Crippen molar-refractivity contribution in [2.24, 2.45) is 23.7 Å². The average Bonchev–Trinajstić information content (AvgIpc) is 2.81. The highest BCUT2D eigenvalue weighted by Gasteiger charge is 2.48. The lowest BCUT2D eigenvalue weighted by molar-refractivity contribution is -0.127. The molecule has 0 spiro atoms. The second-order valence-electron chi connectivity index (χ2n) is 5.01. The summed E-state index contributed by atoms with van der Waals surface area (Å²) >= 11 is 0. The number of methoxy groups -OCH3 is 1. The van der Waals surface area contributed by atoms with Crippen LogP contribution in [0.15, 0.2) is 0 Å². The zero-order valence-electron chi connectivity index (χ0n) is 9.16. The van der Waals surface area contributed by atoms with Gasteiger partial charge >= 0.3 is 0 Å². The molecule has 2 heteroatoms. The molecule has 2 aliphatic rings. The monoisotopic (exact) mass is 196 g/mol. The maximum atomic E-state index is 12.0. The molecule has 14 heavy (non-hydrogen) atoms. The van der Waals surface area contributed by atoms with Gasteiger partial charge in [0, 0.05) is 25.6 Å². The van der Waals surface area contributed by atoms with E-state index in [1.807, 2.05) is 6.92 Å². The van der Waals surface area contributed by atoms with E-state index < -0.39 is 0 Å². The van der Waals surface area contributed by atoms with E-state index in [2.05, 4.69) is 0 Å². The van der Waals surface area contributed by atoms with E-state index in [0.29, 0.717) is 18.3 Å². The van der Waals surface area contributed by atoms with Gasteiger partial charge in [0.25, 0.3) is 0 Å². The van der Waals surface area contributed by atoms with Crippen LogP contribution in [0.5, 0.6) is 0 Å². The van der Waals surface area contributed by atoms with Crippen LogP contribution in [0.4, 0.5) is 0 Å². The zero-order chi connectivity index (χ0) is 10.1. The Morgan fingerprint density at radius 2 is 2.00 bits per heavy atom. The van der Waals surface area contributed by atoms with E-state index in [1.165, 1.54) is 19.3 Å². The molecule has 0 aromatic carbocycles. The number of hydrogen-bond donors (Lipinski definition) is 0. The molecule has 0 bridgehead atoms. The minimum Gasteiger partial charge on any atom is -0.385 e. The number of ketones is 1. The van der Waals surface area contributed by atoms with Gasteiger partial charge in [-0.15, -0.1) is 0 Å². The summed E-state index contributed by atoms with van der Waals surface area (Å²) in [5, 5.41) is 0. The van der Waals surface area contributed by atoms with Crippen LogP contribution < -0.4 is 0 Å². The summed E-state index contributed by atoms with van der Waals surface area (Å²) in [6.07, 6.45) is 4.65. The largest absolute Gasteiger partial charge is 0.385 e. The molecule has 3 atom stereocenters. The number of ether oxygens (including phenoxy) is 1. The van der Waals surface area contributed by atoms with E-state index in [9.17, 15) is 4.79 Å². The van der Waals surface area contributed by atoms with Crippen LogP contribution >= 0.6 is 0 Å². The van der Waals surface area contributed by atoms with Gasteiger partial charge in [-0.2, -0.15) is 0 Å². The SMILES string of the molecule is COCCC(C)C(=O)C1CC2CC2C1. The van der Waals surface area contributed by atoms with Gasteiger partial charge in [0.2, 0.25) is 0 Å². The molecule has 0 heterocycles. The first-order valence-corrected chi connectivity index (χ1v) is 5.75. The van der Waals surface area contributed by atoms with Crippen molar-refractivity contribution in [3.63, 3.8) is 0 Å². The maximum absolute atomic E-state index is 12.0. The number of carbonyl (C=O) groups excluding carboxylic acids is 1. The fourth-order valence-electron chi connectivity index (χ4n) is 2.79. The molecule has 2 fully saturated rings. The predicted octanol–water partition coefficient (Wildman–Crippen LogP) is 2.27. The van der Waals surface area contributed by atoms with E-state index >= 15 is 0 Å². The van der Waals surface area contributed by atoms with Crippen LogP contribution in [-0.4, -0.2) is 19.5 Å². The molecular formula is C12H20O2. The first-order chi connectivity index (χ1) is 6.72. The lowest BCUT2D eigenvalue weighted by Crippen LogP contribution is -2.21. The smallest absolute Gasteiger partial charge is 0.138 e. The van der Waals surface area contributed by atoms with Crippen LogP contribution in [0.2, 0.25) is 0 Å². The number of carbonyl (C=O) groups is 1. The van der Waals surface area contributed by atoms with Crippen LogP contribution in [-0.2, 0) is 9.53 Å². The number of rotatable bonds is 5. The molecule has 2 rings (SSSR count). The third-order valence-corrected chi connectivity index (χ3v) is 3.89. The van der Waals surface area contributed by atoms with Gasteiger partial charge in [-0.05, 0) is 37.5 Å². The van der Waals surface area contributed by atoms with Gasteiger partial charge in [0.15, 0.2) is 0 Å². The van der Waals surface area contributed by atoms with Crippen molar-refractivity contribution in [2.45, 2.75) is 32.6 Å². The lowest BCUT2D eigenvalue weighted by atomic mass is 9.89. The van der Waals surface area contributed by atoms with Crippen molar-refractivity contribution in [2.75, 3.05) is 13.7 Å². The fourth-order valence-corrected chi connectivity index (χ4v) is 2.79. The molecular weight excluding hydrogens is 176 g/mol. The summed E-state index contributed by atoms with van der Waals surface area (Å²) in [6.45, 7) is 2.76. The third-order valence-electron chi connectivity index (χ3n) is 3.89. The molecule has 2 aliphatic carbocycles. The Morgan fingerprint density at radius 3 is 2.57 bits per heavy atom. The number of hydrogen-bond acceptors (Lipinski definition) is 2. The standard InChI is InChI=1S/C12H20O2/c1-8(3-4-14-2)12(13)11-6-9-5-10(9)7-11/h8-11H,3-7H2,1-2H3. The van der Waals surface area contributed by atoms with Crippen LogP contribution in [0.3, 0.4) is 0 Å². The van der Waals surface area contributed by atoms with Crippen molar-refractivity contribution in [1.29, 1.82) is 0 Å². The molecule has 0 aromatic heterocycles. The molecule has 0 aliphatic heterocycles. The molecule has 0 aromatic rings. The van der Waals surface area contributed by atoms with Crippen molar-refractivity contribution in [1.82, 2.24) is 0 Å². The van der Waals surface area contributed by atoms with E-state index in [0.717, 1.165) is 18.3 Å². The van der Waals surface area contributed by atoms with Gasteiger partial charge in [-0.25, -0.2) is 0 Å². The molecule has 0 saturated heterocycles. The quantitative estimate of drug-likeness (QED) is 0.674. The summed E-state index contributed by atoms with van der Waals surface area (Å²) in [4.78, 5) is 12.0. The van der Waals surface area contributed by atoms with Crippen LogP contribution in [0.25, 0.3) is 0 Å². The Morgan fingerprint density at radius 1 is 1.36 bits per heavy atom. The molecule has 80 valence electrons. The highest BCUT2D eigenvalue weighted by atomic mass is 16.5. The van der Waals surface area contributed by atoms with Gasteiger partial charge in [0.1, 0.15) is 5.78 Å². The fraction of sp³-hybridized carbons (Fsp3) is 0.917. The van der Waals surface area contributed by atoms with Crippen molar-refractivity contribution >= 4 is 5.78 Å². The predicted molar refractivity (Wildman–Crippen MR) is 55.0 cm³/mol. The van der Waals surface area contributed by atoms with E-state index in [1.54, 1.807) is 7.11 Å². The average molecular weight is 196 g/mol. The summed E-state index contributed by atoms with van der Waals surface area (Å²) in [5.41, 5.74) is 0. The lowest BCUT2D eigenvalue weighted by Gasteiger charge is -2.16. The Balaban J connectivity index is 1.76.